The number of anilines is 2. The second kappa shape index (κ2) is 10.7. The van der Waals surface area contributed by atoms with Crippen LogP contribution in [0.15, 0.2) is 66.7 Å². The minimum absolute atomic E-state index is 0.00370. The van der Waals surface area contributed by atoms with Gasteiger partial charge in [-0.3, -0.25) is 4.90 Å². The normalized spacial score (nSPS) is 14.2. The van der Waals surface area contributed by atoms with Gasteiger partial charge in [0.2, 0.25) is 5.95 Å². The molecule has 0 atom stereocenters. The minimum Gasteiger partial charge on any atom is -0.497 e. The first-order chi connectivity index (χ1) is 19.4. The minimum atomic E-state index is -1.00. The van der Waals surface area contributed by atoms with Crippen molar-refractivity contribution in [3.63, 3.8) is 0 Å². The molecule has 6 rings (SSSR count). The molecule has 0 saturated carbocycles. The predicted molar refractivity (Wildman–Crippen MR) is 152 cm³/mol. The van der Waals surface area contributed by atoms with Crippen LogP contribution in [0.4, 0.5) is 20.5 Å². The number of hydrogen-bond acceptors (Lipinski definition) is 7. The number of rotatable bonds is 6. The van der Waals surface area contributed by atoms with Crippen LogP contribution in [0.5, 0.6) is 5.75 Å². The van der Waals surface area contributed by atoms with E-state index < -0.39 is 11.6 Å². The molecule has 0 aliphatic carbocycles. The molecule has 2 N–H and O–H groups in total. The van der Waals surface area contributed by atoms with Crippen molar-refractivity contribution in [3.05, 3.63) is 89.0 Å². The molecular weight excluding hydrogens is 536 g/mol. The van der Waals surface area contributed by atoms with Gasteiger partial charge in [0.15, 0.2) is 17.3 Å². The van der Waals surface area contributed by atoms with Crippen molar-refractivity contribution in [2.45, 2.75) is 6.54 Å². The van der Waals surface area contributed by atoms with E-state index in [0.717, 1.165) is 25.7 Å². The molecule has 3 heterocycles. The Balaban J connectivity index is 1.37. The number of benzene rings is 3. The number of fused-ring (bicyclic) bond motifs is 1. The smallest absolute Gasteiger partial charge is 0.228 e. The Morgan fingerprint density at radius 1 is 0.925 bits per heavy atom. The molecule has 5 aromatic rings. The number of nitrogens with two attached hydrogens (primary N) is 1. The van der Waals surface area contributed by atoms with Crippen molar-refractivity contribution in [3.8, 4) is 22.7 Å². The van der Waals surface area contributed by atoms with Gasteiger partial charge in [0.05, 0.1) is 23.9 Å². The summed E-state index contributed by atoms with van der Waals surface area (Å²) in [5.74, 6) is -0.686. The van der Waals surface area contributed by atoms with Crippen molar-refractivity contribution in [1.29, 1.82) is 0 Å². The molecular formula is C29H26ClF2N7O. The van der Waals surface area contributed by atoms with Gasteiger partial charge >= 0.3 is 0 Å². The van der Waals surface area contributed by atoms with E-state index >= 15 is 4.39 Å². The van der Waals surface area contributed by atoms with Crippen LogP contribution in [-0.4, -0.2) is 57.9 Å². The third-order valence-electron chi connectivity index (χ3n) is 7.06. The number of halogens is 3. The molecule has 40 heavy (non-hydrogen) atoms. The van der Waals surface area contributed by atoms with Gasteiger partial charge in [-0.2, -0.15) is 4.98 Å². The maximum absolute atomic E-state index is 15.1. The first-order valence-electron chi connectivity index (χ1n) is 12.8. The Hall–Kier alpha value is -4.28. The maximum atomic E-state index is 15.1. The van der Waals surface area contributed by atoms with Gasteiger partial charge in [-0.15, -0.1) is 5.10 Å². The Kier molecular flexibility index (Phi) is 6.95. The van der Waals surface area contributed by atoms with Crippen LogP contribution >= 0.6 is 11.6 Å². The molecule has 1 saturated heterocycles. The summed E-state index contributed by atoms with van der Waals surface area (Å²) in [5.41, 5.74) is 8.87. The summed E-state index contributed by atoms with van der Waals surface area (Å²) in [7, 11) is 1.58. The highest BCUT2D eigenvalue weighted by molar-refractivity contribution is 6.30. The van der Waals surface area contributed by atoms with Gasteiger partial charge in [-0.1, -0.05) is 29.8 Å². The average molecular weight is 562 g/mol. The van der Waals surface area contributed by atoms with Crippen molar-refractivity contribution in [2.24, 2.45) is 0 Å². The number of piperazine rings is 1. The number of ether oxygens (including phenoxy) is 1. The monoisotopic (exact) mass is 561 g/mol. The number of aromatic nitrogens is 4. The summed E-state index contributed by atoms with van der Waals surface area (Å²) >= 11 is 6.02. The molecule has 2 aromatic heterocycles. The average Bonchev–Trinajstić information content (AvgIpc) is 3.32. The lowest BCUT2D eigenvalue weighted by molar-refractivity contribution is 0.249. The zero-order valence-corrected chi connectivity index (χ0v) is 22.4. The summed E-state index contributed by atoms with van der Waals surface area (Å²) < 4.78 is 36.1. The van der Waals surface area contributed by atoms with Gasteiger partial charge < -0.3 is 15.4 Å². The predicted octanol–water partition coefficient (Wildman–Crippen LogP) is 5.33. The van der Waals surface area contributed by atoms with E-state index in [0.29, 0.717) is 46.5 Å². The van der Waals surface area contributed by atoms with Gasteiger partial charge in [0, 0.05) is 43.3 Å². The summed E-state index contributed by atoms with van der Waals surface area (Å²) in [4.78, 5) is 13.8. The van der Waals surface area contributed by atoms with Crippen LogP contribution in [0.2, 0.25) is 5.02 Å². The Labute approximate surface area is 234 Å². The largest absolute Gasteiger partial charge is 0.497 e. The molecule has 1 aliphatic heterocycles. The van der Waals surface area contributed by atoms with E-state index in [2.05, 4.69) is 10.00 Å². The molecule has 1 aliphatic rings. The highest BCUT2D eigenvalue weighted by Gasteiger charge is 2.26. The van der Waals surface area contributed by atoms with E-state index in [9.17, 15) is 4.39 Å². The molecule has 3 aromatic carbocycles. The van der Waals surface area contributed by atoms with Crippen LogP contribution in [0, 0.1) is 11.6 Å². The van der Waals surface area contributed by atoms with Crippen LogP contribution in [0.25, 0.3) is 28.0 Å². The zero-order valence-electron chi connectivity index (χ0n) is 21.7. The van der Waals surface area contributed by atoms with Gasteiger partial charge in [-0.05, 0) is 54.1 Å². The summed E-state index contributed by atoms with van der Waals surface area (Å²) in [6.07, 6.45) is 0. The topological polar surface area (TPSA) is 85.3 Å². The molecule has 8 nitrogen and oxygen atoms in total. The van der Waals surface area contributed by atoms with Gasteiger partial charge in [-0.25, -0.2) is 18.4 Å². The number of hydrogen-bond donors (Lipinski definition) is 1. The second-order valence-corrected chi connectivity index (χ2v) is 9.99. The van der Waals surface area contributed by atoms with E-state index in [1.54, 1.807) is 31.4 Å². The van der Waals surface area contributed by atoms with Gasteiger partial charge in [0.1, 0.15) is 11.6 Å². The van der Waals surface area contributed by atoms with Crippen molar-refractivity contribution < 1.29 is 13.5 Å². The Morgan fingerprint density at radius 2 is 1.65 bits per heavy atom. The molecule has 0 amide bonds. The van der Waals surface area contributed by atoms with E-state index in [1.165, 1.54) is 22.4 Å². The van der Waals surface area contributed by atoms with Crippen molar-refractivity contribution in [2.75, 3.05) is 43.9 Å². The number of nitrogen functional groups attached to an aromatic ring is 1. The Bertz CT molecular complexity index is 1670. The number of methoxy groups -OCH3 is 1. The molecule has 0 bridgehead atoms. The highest BCUT2D eigenvalue weighted by atomic mass is 35.5. The second-order valence-electron chi connectivity index (χ2n) is 9.56. The third-order valence-corrected chi connectivity index (χ3v) is 7.31. The molecule has 204 valence electrons. The fourth-order valence-corrected chi connectivity index (χ4v) is 5.02. The van der Waals surface area contributed by atoms with Crippen LogP contribution in [0.1, 0.15) is 5.56 Å². The first-order valence-corrected chi connectivity index (χ1v) is 13.2. The molecule has 11 heteroatoms. The fraction of sp³-hybridized carbons (Fsp3) is 0.207. The lowest BCUT2D eigenvalue weighted by atomic mass is 10.1. The zero-order chi connectivity index (χ0) is 27.8. The molecule has 0 unspecified atom stereocenters. The summed E-state index contributed by atoms with van der Waals surface area (Å²) in [5, 5.41) is 5.71. The standard InChI is InChI=1S/C29H26ClF2N7O/c1-40-21-11-9-20(10-12-21)39-27(33)24-26(22-3-2-4-23(31)25(22)32)34-29(35-28(24)36-39)38-15-13-37(14-16-38)17-18-5-7-19(30)8-6-18/h2-12H,13-17,33H2,1H3. The quantitative estimate of drug-likeness (QED) is 0.300. The van der Waals surface area contributed by atoms with Crippen LogP contribution < -0.4 is 15.4 Å². The van der Waals surface area contributed by atoms with Crippen LogP contribution in [0.3, 0.4) is 0 Å². The summed E-state index contributed by atoms with van der Waals surface area (Å²) in [6, 6.07) is 19.0. The number of nitrogens with zero attached hydrogens (tertiary/aromatic N) is 6. The van der Waals surface area contributed by atoms with E-state index in [-0.39, 0.29) is 17.1 Å². The molecule has 0 radical (unpaired) electrons. The summed E-state index contributed by atoms with van der Waals surface area (Å²) in [6.45, 7) is 3.65. The lowest BCUT2D eigenvalue weighted by Crippen LogP contribution is -2.46. The lowest BCUT2D eigenvalue weighted by Gasteiger charge is -2.34. The highest BCUT2D eigenvalue weighted by Crippen LogP contribution is 2.35. The molecule has 0 spiro atoms. The SMILES string of the molecule is COc1ccc(-n2nc3nc(N4CCN(Cc5ccc(Cl)cc5)CC4)nc(-c4cccc(F)c4F)c3c2N)cc1. The van der Waals surface area contributed by atoms with Crippen molar-refractivity contribution in [1.82, 2.24) is 24.6 Å². The third kappa shape index (κ3) is 4.91. The van der Waals surface area contributed by atoms with Gasteiger partial charge in [0.25, 0.3) is 0 Å². The van der Waals surface area contributed by atoms with E-state index in [4.69, 9.17) is 32.0 Å². The van der Waals surface area contributed by atoms with Crippen LogP contribution in [-0.2, 0) is 6.54 Å². The maximum Gasteiger partial charge on any atom is 0.228 e. The fourth-order valence-electron chi connectivity index (χ4n) is 4.90. The first kappa shape index (κ1) is 26.0. The Morgan fingerprint density at radius 3 is 2.35 bits per heavy atom. The van der Waals surface area contributed by atoms with E-state index in [1.807, 2.05) is 29.2 Å². The molecule has 1 fully saturated rings. The van der Waals surface area contributed by atoms with Crippen molar-refractivity contribution >= 4 is 34.4 Å².